The summed E-state index contributed by atoms with van der Waals surface area (Å²) >= 11 is 0. The quantitative estimate of drug-likeness (QED) is 0.848. The Hall–Kier alpha value is -1.35. The van der Waals surface area contributed by atoms with Gasteiger partial charge in [0.25, 0.3) is 0 Å². The highest BCUT2D eigenvalue weighted by Crippen LogP contribution is 2.15. The van der Waals surface area contributed by atoms with Crippen LogP contribution in [0.15, 0.2) is 24.3 Å². The first-order valence-electron chi connectivity index (χ1n) is 5.81. The van der Waals surface area contributed by atoms with Crippen LogP contribution in [0.3, 0.4) is 0 Å². The fraction of sp³-hybridized carbons (Fsp3) is 0.462. The monoisotopic (exact) mass is 219 g/mol. The van der Waals surface area contributed by atoms with Gasteiger partial charge in [-0.1, -0.05) is 24.6 Å². The van der Waals surface area contributed by atoms with Crippen molar-refractivity contribution in [3.05, 3.63) is 35.4 Å². The van der Waals surface area contributed by atoms with Gasteiger partial charge in [0.2, 0.25) is 0 Å². The van der Waals surface area contributed by atoms with E-state index in [-0.39, 0.29) is 0 Å². The van der Waals surface area contributed by atoms with Crippen molar-refractivity contribution in [1.82, 2.24) is 4.90 Å². The van der Waals surface area contributed by atoms with Crippen LogP contribution < -0.4 is 0 Å². The molecule has 0 radical (unpaired) electrons. The zero-order valence-electron chi connectivity index (χ0n) is 9.35. The van der Waals surface area contributed by atoms with Crippen LogP contribution >= 0.6 is 0 Å². The molecule has 1 aromatic carbocycles. The van der Waals surface area contributed by atoms with Gasteiger partial charge in [0.05, 0.1) is 5.56 Å². The Labute approximate surface area is 95.7 Å². The summed E-state index contributed by atoms with van der Waals surface area (Å²) in [5, 5.41) is 9.08. The van der Waals surface area contributed by atoms with Crippen LogP contribution in [0.25, 0.3) is 0 Å². The third kappa shape index (κ3) is 2.61. The molecule has 3 heteroatoms. The number of rotatable bonds is 3. The van der Waals surface area contributed by atoms with Crippen LogP contribution in [0.5, 0.6) is 0 Å². The largest absolute Gasteiger partial charge is 0.478 e. The molecule has 1 fully saturated rings. The van der Waals surface area contributed by atoms with Gasteiger partial charge in [-0.25, -0.2) is 4.79 Å². The van der Waals surface area contributed by atoms with Crippen molar-refractivity contribution in [3.63, 3.8) is 0 Å². The van der Waals surface area contributed by atoms with E-state index < -0.39 is 5.97 Å². The molecule has 0 atom stereocenters. The number of carboxylic acids is 1. The minimum absolute atomic E-state index is 0.438. The lowest BCUT2D eigenvalue weighted by atomic mass is 10.1. The third-order valence-corrected chi connectivity index (χ3v) is 3.09. The zero-order valence-corrected chi connectivity index (χ0v) is 9.35. The number of piperidine rings is 1. The summed E-state index contributed by atoms with van der Waals surface area (Å²) in [6.45, 7) is 2.95. The molecular weight excluding hydrogens is 202 g/mol. The predicted molar refractivity (Wildman–Crippen MR) is 62.5 cm³/mol. The molecule has 1 saturated heterocycles. The summed E-state index contributed by atoms with van der Waals surface area (Å²) in [5.74, 6) is -0.826. The molecule has 0 aliphatic carbocycles. The van der Waals surface area contributed by atoms with E-state index in [1.165, 1.54) is 19.3 Å². The molecule has 2 rings (SSSR count). The van der Waals surface area contributed by atoms with Crippen LogP contribution in [0.1, 0.15) is 35.2 Å². The number of likely N-dealkylation sites (tertiary alicyclic amines) is 1. The molecule has 0 aromatic heterocycles. The second kappa shape index (κ2) is 5.12. The highest BCUT2D eigenvalue weighted by molar-refractivity contribution is 5.89. The van der Waals surface area contributed by atoms with E-state index in [1.54, 1.807) is 12.1 Å². The van der Waals surface area contributed by atoms with E-state index in [9.17, 15) is 4.79 Å². The third-order valence-electron chi connectivity index (χ3n) is 3.09. The number of carboxylic acid groups (broad SMARTS) is 1. The Balaban J connectivity index is 2.10. The predicted octanol–water partition coefficient (Wildman–Crippen LogP) is 2.37. The van der Waals surface area contributed by atoms with Gasteiger partial charge in [-0.15, -0.1) is 0 Å². The molecule has 0 unspecified atom stereocenters. The molecule has 1 aliphatic rings. The summed E-state index contributed by atoms with van der Waals surface area (Å²) in [5.41, 5.74) is 1.37. The van der Waals surface area contributed by atoms with Gasteiger partial charge in [-0.05, 0) is 37.6 Å². The van der Waals surface area contributed by atoms with Crippen LogP contribution in [-0.2, 0) is 6.54 Å². The number of benzene rings is 1. The van der Waals surface area contributed by atoms with Crippen molar-refractivity contribution in [1.29, 1.82) is 0 Å². The normalized spacial score (nSPS) is 17.2. The lowest BCUT2D eigenvalue weighted by Crippen LogP contribution is -2.29. The topological polar surface area (TPSA) is 40.5 Å². The van der Waals surface area contributed by atoms with Crippen molar-refractivity contribution in [2.45, 2.75) is 25.8 Å². The van der Waals surface area contributed by atoms with Gasteiger partial charge in [-0.3, -0.25) is 4.90 Å². The molecule has 0 bridgehead atoms. The van der Waals surface area contributed by atoms with E-state index in [2.05, 4.69) is 4.90 Å². The Morgan fingerprint density at radius 2 is 1.88 bits per heavy atom. The maximum Gasteiger partial charge on any atom is 0.336 e. The van der Waals surface area contributed by atoms with E-state index >= 15 is 0 Å². The van der Waals surface area contributed by atoms with Crippen molar-refractivity contribution in [3.8, 4) is 0 Å². The van der Waals surface area contributed by atoms with Gasteiger partial charge in [-0.2, -0.15) is 0 Å². The molecule has 3 nitrogen and oxygen atoms in total. The molecule has 16 heavy (non-hydrogen) atoms. The number of nitrogens with zero attached hydrogens (tertiary/aromatic N) is 1. The fourth-order valence-electron chi connectivity index (χ4n) is 2.23. The number of hydrogen-bond donors (Lipinski definition) is 1. The molecule has 1 aliphatic heterocycles. The van der Waals surface area contributed by atoms with E-state index in [4.69, 9.17) is 5.11 Å². The Bertz CT molecular complexity index is 370. The molecule has 1 aromatic rings. The summed E-state index contributed by atoms with van der Waals surface area (Å²) in [7, 11) is 0. The molecule has 1 N–H and O–H groups in total. The van der Waals surface area contributed by atoms with Crippen molar-refractivity contribution in [2.75, 3.05) is 13.1 Å². The maximum absolute atomic E-state index is 11.0. The second-order valence-corrected chi connectivity index (χ2v) is 4.30. The molecule has 86 valence electrons. The lowest BCUT2D eigenvalue weighted by Gasteiger charge is -2.26. The molecule has 1 heterocycles. The van der Waals surface area contributed by atoms with Gasteiger partial charge in [0.1, 0.15) is 0 Å². The SMILES string of the molecule is O=C(O)c1ccccc1CN1CCCCC1. The first-order chi connectivity index (χ1) is 7.77. The standard InChI is InChI=1S/C13H17NO2/c15-13(16)12-7-3-2-6-11(12)10-14-8-4-1-5-9-14/h2-3,6-7H,1,4-5,8-10H2,(H,15,16). The van der Waals surface area contributed by atoms with Crippen LogP contribution in [0.4, 0.5) is 0 Å². The zero-order chi connectivity index (χ0) is 11.4. The maximum atomic E-state index is 11.0. The van der Waals surface area contributed by atoms with Gasteiger partial charge >= 0.3 is 5.97 Å². The van der Waals surface area contributed by atoms with E-state index in [1.807, 2.05) is 12.1 Å². The molecular formula is C13H17NO2. The van der Waals surface area contributed by atoms with Gasteiger partial charge in [0, 0.05) is 6.54 Å². The Morgan fingerprint density at radius 3 is 2.56 bits per heavy atom. The molecule has 0 amide bonds. The fourth-order valence-corrected chi connectivity index (χ4v) is 2.23. The minimum atomic E-state index is -0.826. The first kappa shape index (κ1) is 11.1. The van der Waals surface area contributed by atoms with Gasteiger partial charge < -0.3 is 5.11 Å². The highest BCUT2D eigenvalue weighted by Gasteiger charge is 2.14. The van der Waals surface area contributed by atoms with Gasteiger partial charge in [0.15, 0.2) is 0 Å². The summed E-state index contributed by atoms with van der Waals surface area (Å²) < 4.78 is 0. The number of aromatic carboxylic acids is 1. The van der Waals surface area contributed by atoms with E-state index in [0.29, 0.717) is 5.56 Å². The van der Waals surface area contributed by atoms with Crippen molar-refractivity contribution >= 4 is 5.97 Å². The van der Waals surface area contributed by atoms with Crippen LogP contribution in [0.2, 0.25) is 0 Å². The van der Waals surface area contributed by atoms with E-state index in [0.717, 1.165) is 25.2 Å². The average molecular weight is 219 g/mol. The van der Waals surface area contributed by atoms with Crippen LogP contribution in [-0.4, -0.2) is 29.1 Å². The number of hydrogen-bond acceptors (Lipinski definition) is 2. The lowest BCUT2D eigenvalue weighted by molar-refractivity contribution is 0.0694. The number of carbonyl (C=O) groups is 1. The molecule has 0 spiro atoms. The minimum Gasteiger partial charge on any atom is -0.478 e. The smallest absolute Gasteiger partial charge is 0.336 e. The summed E-state index contributed by atoms with van der Waals surface area (Å²) in [6.07, 6.45) is 3.77. The first-order valence-corrected chi connectivity index (χ1v) is 5.81. The molecule has 0 saturated carbocycles. The summed E-state index contributed by atoms with van der Waals surface area (Å²) in [6, 6.07) is 7.29. The van der Waals surface area contributed by atoms with Crippen molar-refractivity contribution in [2.24, 2.45) is 0 Å². The van der Waals surface area contributed by atoms with Crippen LogP contribution in [0, 0.1) is 0 Å². The summed E-state index contributed by atoms with van der Waals surface area (Å²) in [4.78, 5) is 13.4. The Morgan fingerprint density at radius 1 is 1.19 bits per heavy atom. The van der Waals surface area contributed by atoms with Crippen molar-refractivity contribution < 1.29 is 9.90 Å². The average Bonchev–Trinajstić information content (AvgIpc) is 2.31. The highest BCUT2D eigenvalue weighted by atomic mass is 16.4. The second-order valence-electron chi connectivity index (χ2n) is 4.30. The Kier molecular flexibility index (Phi) is 3.57.